The van der Waals surface area contributed by atoms with E-state index in [9.17, 15) is 4.79 Å². The molecular formula is C27H42N8O3. The Labute approximate surface area is 225 Å². The number of nitrogens with two attached hydrogens (primary N) is 1. The summed E-state index contributed by atoms with van der Waals surface area (Å²) < 4.78 is 11.4. The molecule has 3 aliphatic rings. The van der Waals surface area contributed by atoms with Gasteiger partial charge in [-0.15, -0.1) is 0 Å². The molecule has 1 amide bonds. The van der Waals surface area contributed by atoms with Crippen LogP contribution in [0.3, 0.4) is 0 Å². The number of carbonyl (C=O) groups excluding carboxylic acids is 1. The highest BCUT2D eigenvalue weighted by atomic mass is 16.5. The molecule has 3 aliphatic heterocycles. The van der Waals surface area contributed by atoms with Gasteiger partial charge in [0, 0.05) is 51.1 Å². The zero-order valence-corrected chi connectivity index (χ0v) is 23.0. The van der Waals surface area contributed by atoms with Gasteiger partial charge >= 0.3 is 12.0 Å². The smallest absolute Gasteiger partial charge is 0.324 e. The number of rotatable bonds is 9. The highest BCUT2D eigenvalue weighted by molar-refractivity contribution is 5.77. The average Bonchev–Trinajstić information content (AvgIpc) is 3.57. The molecule has 3 fully saturated rings. The van der Waals surface area contributed by atoms with Gasteiger partial charge in [-0.25, -0.2) is 9.97 Å². The fourth-order valence-corrected chi connectivity index (χ4v) is 5.90. The fourth-order valence-electron chi connectivity index (χ4n) is 5.90. The molecule has 2 aromatic rings. The molecule has 0 aromatic carbocycles. The van der Waals surface area contributed by atoms with E-state index in [1.807, 2.05) is 4.90 Å². The Morgan fingerprint density at radius 2 is 1.84 bits per heavy atom. The van der Waals surface area contributed by atoms with E-state index in [1.54, 1.807) is 12.4 Å². The third kappa shape index (κ3) is 6.03. The topological polar surface area (TPSA) is 127 Å². The summed E-state index contributed by atoms with van der Waals surface area (Å²) in [5, 5.41) is 4.09. The number of nitrogens with zero attached hydrogens (tertiary/aromatic N) is 7. The summed E-state index contributed by atoms with van der Waals surface area (Å²) in [5.41, 5.74) is 7.34. The monoisotopic (exact) mass is 526 g/mol. The van der Waals surface area contributed by atoms with Gasteiger partial charge in [-0.3, -0.25) is 4.79 Å². The van der Waals surface area contributed by atoms with Crippen LogP contribution in [0.2, 0.25) is 0 Å². The number of hydrogen-bond acceptors (Lipinski definition) is 10. The Kier molecular flexibility index (Phi) is 8.30. The van der Waals surface area contributed by atoms with Crippen LogP contribution in [-0.4, -0.2) is 82.3 Å². The Hall–Kier alpha value is -2.95. The van der Waals surface area contributed by atoms with Crippen LogP contribution in [0.15, 0.2) is 16.9 Å². The molecule has 2 aromatic heterocycles. The third-order valence-corrected chi connectivity index (χ3v) is 8.44. The van der Waals surface area contributed by atoms with Gasteiger partial charge in [0.05, 0.1) is 30.7 Å². The normalized spacial score (nSPS) is 23.9. The van der Waals surface area contributed by atoms with Crippen molar-refractivity contribution in [2.75, 3.05) is 49.1 Å². The molecule has 2 N–H and O–H groups in total. The molecule has 0 bridgehead atoms. The van der Waals surface area contributed by atoms with E-state index in [1.165, 1.54) is 0 Å². The average molecular weight is 527 g/mol. The van der Waals surface area contributed by atoms with Crippen LogP contribution in [-0.2, 0) is 4.79 Å². The number of likely N-dealkylation sites (tertiary alicyclic amines) is 1. The SMILES string of the molecule is CC(C)c1noc(N2CCC([C@H](C)CCOc3ncc(N4C[C@H](N)[C@@H](N5CCCCC5=O)C4)cn3)CC2)n1. The summed E-state index contributed by atoms with van der Waals surface area (Å²) in [5.74, 6) is 2.46. The number of aromatic nitrogens is 4. The molecule has 11 heteroatoms. The largest absolute Gasteiger partial charge is 0.463 e. The third-order valence-electron chi connectivity index (χ3n) is 8.44. The lowest BCUT2D eigenvalue weighted by Gasteiger charge is -2.34. The number of piperidine rings is 2. The first kappa shape index (κ1) is 26.6. The second-order valence-electron chi connectivity index (χ2n) is 11.4. The lowest BCUT2D eigenvalue weighted by molar-refractivity contribution is -0.135. The predicted molar refractivity (Wildman–Crippen MR) is 144 cm³/mol. The van der Waals surface area contributed by atoms with Crippen LogP contribution in [0.25, 0.3) is 0 Å². The van der Waals surface area contributed by atoms with Gasteiger partial charge < -0.3 is 29.7 Å². The number of anilines is 2. The molecule has 3 saturated heterocycles. The van der Waals surface area contributed by atoms with Crippen molar-refractivity contribution in [3.8, 4) is 6.01 Å². The van der Waals surface area contributed by atoms with Crippen LogP contribution in [0.4, 0.5) is 11.7 Å². The molecule has 5 heterocycles. The summed E-state index contributed by atoms with van der Waals surface area (Å²) >= 11 is 0. The maximum absolute atomic E-state index is 12.4. The van der Waals surface area contributed by atoms with Crippen molar-refractivity contribution in [3.63, 3.8) is 0 Å². The van der Waals surface area contributed by atoms with E-state index in [-0.39, 0.29) is 23.9 Å². The van der Waals surface area contributed by atoms with Crippen molar-refractivity contribution in [2.24, 2.45) is 17.6 Å². The molecule has 38 heavy (non-hydrogen) atoms. The maximum Gasteiger partial charge on any atom is 0.324 e. The Morgan fingerprint density at radius 1 is 1.08 bits per heavy atom. The van der Waals surface area contributed by atoms with Crippen molar-refractivity contribution in [1.29, 1.82) is 0 Å². The second kappa shape index (κ2) is 11.8. The van der Waals surface area contributed by atoms with E-state index in [4.69, 9.17) is 15.0 Å². The van der Waals surface area contributed by atoms with Crippen molar-refractivity contribution in [2.45, 2.75) is 77.3 Å². The van der Waals surface area contributed by atoms with E-state index in [0.29, 0.717) is 43.4 Å². The molecule has 0 unspecified atom stereocenters. The summed E-state index contributed by atoms with van der Waals surface area (Å²) in [7, 11) is 0. The number of amides is 1. The zero-order chi connectivity index (χ0) is 26.6. The zero-order valence-electron chi connectivity index (χ0n) is 23.0. The van der Waals surface area contributed by atoms with E-state index in [0.717, 1.165) is 69.8 Å². The van der Waals surface area contributed by atoms with Crippen LogP contribution in [0, 0.1) is 11.8 Å². The maximum atomic E-state index is 12.4. The van der Waals surface area contributed by atoms with Crippen LogP contribution < -0.4 is 20.3 Å². The number of carbonyl (C=O) groups is 1. The van der Waals surface area contributed by atoms with Crippen molar-refractivity contribution in [1.82, 2.24) is 25.0 Å². The standard InChI is InChI=1S/C27H42N8O3/c1-18(2)25-31-27(38-32-25)33-11-7-20(8-12-33)19(3)9-13-37-26-29-14-21(15-30-26)34-16-22(28)23(17-34)35-10-5-4-6-24(35)36/h14-15,18-20,22-23H,4-13,16-17,28H2,1-3H3/t19-,22+,23+/m1/s1. The lowest BCUT2D eigenvalue weighted by Crippen LogP contribution is -2.51. The van der Waals surface area contributed by atoms with Crippen LogP contribution >= 0.6 is 0 Å². The minimum Gasteiger partial charge on any atom is -0.463 e. The van der Waals surface area contributed by atoms with E-state index >= 15 is 0 Å². The van der Waals surface area contributed by atoms with Crippen LogP contribution in [0.1, 0.15) is 71.0 Å². The van der Waals surface area contributed by atoms with Crippen LogP contribution in [0.5, 0.6) is 6.01 Å². The van der Waals surface area contributed by atoms with Crippen molar-refractivity contribution in [3.05, 3.63) is 18.2 Å². The summed E-state index contributed by atoms with van der Waals surface area (Å²) in [4.78, 5) is 32.1. The van der Waals surface area contributed by atoms with Gasteiger partial charge in [0.1, 0.15) is 0 Å². The second-order valence-corrected chi connectivity index (χ2v) is 11.4. The van der Waals surface area contributed by atoms with Gasteiger partial charge in [-0.1, -0.05) is 25.9 Å². The summed E-state index contributed by atoms with van der Waals surface area (Å²) in [6.45, 7) is 11.1. The Balaban J connectivity index is 1.04. The van der Waals surface area contributed by atoms with Crippen molar-refractivity contribution >= 4 is 17.6 Å². The van der Waals surface area contributed by atoms with E-state index in [2.05, 4.69) is 50.7 Å². The molecule has 11 nitrogen and oxygen atoms in total. The highest BCUT2D eigenvalue weighted by Gasteiger charge is 2.37. The predicted octanol–water partition coefficient (Wildman–Crippen LogP) is 2.83. The molecule has 0 spiro atoms. The Bertz CT molecular complexity index is 1050. The van der Waals surface area contributed by atoms with E-state index < -0.39 is 0 Å². The minimum atomic E-state index is -0.0640. The van der Waals surface area contributed by atoms with Gasteiger partial charge in [0.25, 0.3) is 0 Å². The van der Waals surface area contributed by atoms with Crippen molar-refractivity contribution < 1.29 is 14.1 Å². The highest BCUT2D eigenvalue weighted by Crippen LogP contribution is 2.30. The Morgan fingerprint density at radius 3 is 2.53 bits per heavy atom. The molecule has 5 rings (SSSR count). The first-order chi connectivity index (χ1) is 18.4. The molecule has 3 atom stereocenters. The number of hydrogen-bond donors (Lipinski definition) is 1. The molecule has 0 radical (unpaired) electrons. The van der Waals surface area contributed by atoms with Gasteiger partial charge in [0.15, 0.2) is 5.82 Å². The fraction of sp³-hybridized carbons (Fsp3) is 0.741. The molecular weight excluding hydrogens is 484 g/mol. The molecule has 208 valence electrons. The minimum absolute atomic E-state index is 0.0524. The molecule has 0 aliphatic carbocycles. The molecule has 0 saturated carbocycles. The number of ether oxygens (including phenoxy) is 1. The summed E-state index contributed by atoms with van der Waals surface area (Å²) in [6.07, 6.45) is 9.45. The summed E-state index contributed by atoms with van der Waals surface area (Å²) in [6, 6.07) is 1.04. The first-order valence-electron chi connectivity index (χ1n) is 14.2. The quantitative estimate of drug-likeness (QED) is 0.521. The van der Waals surface area contributed by atoms with Gasteiger partial charge in [0.2, 0.25) is 5.91 Å². The van der Waals surface area contributed by atoms with Gasteiger partial charge in [-0.2, -0.15) is 4.98 Å². The first-order valence-corrected chi connectivity index (χ1v) is 14.2. The van der Waals surface area contributed by atoms with Gasteiger partial charge in [-0.05, 0) is 43.9 Å². The lowest BCUT2D eigenvalue weighted by atomic mass is 9.84.